The van der Waals surface area contributed by atoms with Crippen LogP contribution in [0.3, 0.4) is 0 Å². The molecule has 0 saturated heterocycles. The average Bonchev–Trinajstić information content (AvgIpc) is 1.41. The largest absolute Gasteiger partial charge is 0.436 e. The average molecular weight is 1270 g/mol. The number of halogens is 1. The molecule has 10 heteroatoms. The lowest BCUT2D eigenvalue weighted by molar-refractivity contribution is 0.653. The fourth-order valence-electron chi connectivity index (χ4n) is 14.5. The zero-order chi connectivity index (χ0) is 62.4. The Morgan fingerprint density at radius 2 is 0.695 bits per heavy atom. The second-order valence-corrected chi connectivity index (χ2v) is 27.1. The molecule has 0 unspecified atom stereocenters. The molecule has 7 heterocycles. The van der Waals surface area contributed by atoms with Gasteiger partial charge < -0.3 is 8.83 Å². The van der Waals surface area contributed by atoms with E-state index < -0.39 is 0 Å². The Labute approximate surface area is 554 Å². The van der Waals surface area contributed by atoms with Crippen LogP contribution in [0.5, 0.6) is 0 Å². The molecule has 7 aromatic heterocycles. The summed E-state index contributed by atoms with van der Waals surface area (Å²) < 4.78 is 19.6. The minimum absolute atomic E-state index is 0.382. The van der Waals surface area contributed by atoms with Crippen LogP contribution in [0.2, 0.25) is 5.15 Å². The molecule has 0 fully saturated rings. The monoisotopic (exact) mass is 1270 g/mol. The topological polar surface area (TPSA) is 82.8 Å². The van der Waals surface area contributed by atoms with E-state index in [4.69, 9.17) is 35.4 Å². The number of benzene rings is 14. The standard InChI is InChI=1S/C42H23N3OS.C22H11ClN2OS.C21H14/c1-3-11-26-22-34-31(19-24(26)9-1)32-20-25-10-2-4-12-27(25)23-35(32)45(34)41-39(44-42-40(43-41)30-14-5-7-15-36(30)46-42)28-17-18-38-33(21-28)29-13-6-8-16-37(29)47-38;23-21-19(25-22-20(24-21)14-6-1-3-7-16(14)26-22)12-9-10-18-15(11-12)13-5-2-4-8-17(13)27-18;1-3-7-16-12-20-18(9-14(16)5-1)11-19-10-15-6-2-4-8-17(15)13-21(19)20/h1-23H;1-11H;1-10,12-13H,11H2. The third-order valence-electron chi connectivity index (χ3n) is 19.0. The number of para-hydroxylation sites is 2. The van der Waals surface area contributed by atoms with Crippen LogP contribution in [0.4, 0.5) is 0 Å². The van der Waals surface area contributed by atoms with Gasteiger partial charge in [0.2, 0.25) is 11.4 Å². The number of hydrogen-bond acceptors (Lipinski definition) is 8. The zero-order valence-corrected chi connectivity index (χ0v) is 52.9. The van der Waals surface area contributed by atoms with Gasteiger partial charge in [-0.15, -0.1) is 22.7 Å². The van der Waals surface area contributed by atoms with Gasteiger partial charge in [0.1, 0.15) is 33.6 Å². The van der Waals surface area contributed by atoms with Crippen molar-refractivity contribution in [2.75, 3.05) is 0 Å². The molecule has 7 nitrogen and oxygen atoms in total. The number of rotatable bonds is 3. The molecule has 95 heavy (non-hydrogen) atoms. The van der Waals surface area contributed by atoms with Crippen LogP contribution in [0, 0.1) is 0 Å². The molecule has 0 radical (unpaired) electrons. The summed E-state index contributed by atoms with van der Waals surface area (Å²) in [6.07, 6.45) is 1.06. The van der Waals surface area contributed by atoms with Crippen LogP contribution in [0.15, 0.2) is 288 Å². The van der Waals surface area contributed by atoms with E-state index >= 15 is 0 Å². The summed E-state index contributed by atoms with van der Waals surface area (Å²) in [6.45, 7) is 0. The van der Waals surface area contributed by atoms with Crippen molar-refractivity contribution in [3.8, 4) is 39.5 Å². The number of thiophene rings is 2. The Bertz CT molecular complexity index is 6640. The quantitative estimate of drug-likeness (QED) is 0.175. The molecule has 0 amide bonds. The van der Waals surface area contributed by atoms with E-state index in [0.717, 1.165) is 67.5 Å². The van der Waals surface area contributed by atoms with Crippen LogP contribution in [0.25, 0.3) is 189 Å². The van der Waals surface area contributed by atoms with Crippen molar-refractivity contribution in [2.45, 2.75) is 6.42 Å². The molecule has 0 bridgehead atoms. The van der Waals surface area contributed by atoms with Crippen LogP contribution in [0.1, 0.15) is 11.1 Å². The Kier molecular flexibility index (Phi) is 12.1. The lowest BCUT2D eigenvalue weighted by Gasteiger charge is -2.13. The van der Waals surface area contributed by atoms with Gasteiger partial charge in [0, 0.05) is 73.0 Å². The maximum Gasteiger partial charge on any atom is 0.247 e. The van der Waals surface area contributed by atoms with Crippen LogP contribution in [-0.2, 0) is 6.42 Å². The van der Waals surface area contributed by atoms with Crippen molar-refractivity contribution in [1.82, 2.24) is 24.5 Å². The first kappa shape index (κ1) is 54.0. The van der Waals surface area contributed by atoms with E-state index in [1.54, 1.807) is 11.3 Å². The maximum absolute atomic E-state index is 6.53. The van der Waals surface area contributed by atoms with Crippen molar-refractivity contribution in [3.05, 3.63) is 295 Å². The summed E-state index contributed by atoms with van der Waals surface area (Å²) in [5.74, 6) is 0.786. The van der Waals surface area contributed by atoms with E-state index in [1.165, 1.54) is 116 Å². The molecule has 1 aliphatic carbocycles. The van der Waals surface area contributed by atoms with Crippen molar-refractivity contribution < 1.29 is 8.83 Å². The zero-order valence-electron chi connectivity index (χ0n) is 50.5. The Morgan fingerprint density at radius 3 is 1.19 bits per heavy atom. The Balaban J connectivity index is 0.000000108. The van der Waals surface area contributed by atoms with Crippen LogP contribution in [-0.4, -0.2) is 24.5 Å². The van der Waals surface area contributed by atoms with Crippen LogP contribution < -0.4 is 0 Å². The highest BCUT2D eigenvalue weighted by molar-refractivity contribution is 7.26. The summed E-state index contributed by atoms with van der Waals surface area (Å²) in [5, 5.41) is 19.7. The van der Waals surface area contributed by atoms with Gasteiger partial charge in [-0.3, -0.25) is 4.57 Å². The SMILES string of the molecule is Clc1nc2c(nc1-c1ccc3sc4ccccc4c3c1)oc1ccccc12.c1ccc2cc3c(cc2c1)Cc1cc2ccccc2cc1-3.c1ccc2cc3c(cc2c1)c1cc2ccccc2cc1n3-c1nc2c(nc1-c1ccc3sc4ccccc4c3c1)oc1ccccc12. The fraction of sp³-hybridized carbons (Fsp3) is 0.0118. The van der Waals surface area contributed by atoms with Gasteiger partial charge in [0.25, 0.3) is 0 Å². The molecule has 0 N–H and O–H groups in total. The minimum Gasteiger partial charge on any atom is -0.436 e. The first-order valence-corrected chi connectivity index (χ1v) is 33.7. The fourth-order valence-corrected chi connectivity index (χ4v) is 16.9. The number of nitrogens with zero attached hydrogens (tertiary/aromatic N) is 5. The molecule has 0 atom stereocenters. The molecule has 21 aromatic rings. The highest BCUT2D eigenvalue weighted by Crippen LogP contribution is 2.45. The molecular weight excluding hydrogens is 1220 g/mol. The van der Waals surface area contributed by atoms with Crippen molar-refractivity contribution in [3.63, 3.8) is 0 Å². The normalized spacial score (nSPS) is 12.2. The van der Waals surface area contributed by atoms with E-state index in [9.17, 15) is 0 Å². The highest BCUT2D eigenvalue weighted by atomic mass is 35.5. The van der Waals surface area contributed by atoms with Gasteiger partial charge in [-0.1, -0.05) is 194 Å². The van der Waals surface area contributed by atoms with Gasteiger partial charge in [0.15, 0.2) is 11.0 Å². The van der Waals surface area contributed by atoms with Gasteiger partial charge in [-0.2, -0.15) is 0 Å². The molecular formula is C85H48ClN5O2S2. The van der Waals surface area contributed by atoms with E-state index in [2.05, 4.69) is 240 Å². The van der Waals surface area contributed by atoms with Crippen LogP contribution >= 0.6 is 34.3 Å². The van der Waals surface area contributed by atoms with Crippen molar-refractivity contribution >= 4 is 184 Å². The smallest absolute Gasteiger partial charge is 0.247 e. The maximum atomic E-state index is 6.53. The lowest BCUT2D eigenvalue weighted by atomic mass is 9.99. The number of furan rings is 2. The van der Waals surface area contributed by atoms with E-state index in [-0.39, 0.29) is 0 Å². The summed E-state index contributed by atoms with van der Waals surface area (Å²) in [7, 11) is 0. The summed E-state index contributed by atoms with van der Waals surface area (Å²) >= 11 is 10.1. The predicted molar refractivity (Wildman–Crippen MR) is 399 cm³/mol. The van der Waals surface area contributed by atoms with Crippen molar-refractivity contribution in [1.29, 1.82) is 0 Å². The summed E-state index contributed by atoms with van der Waals surface area (Å²) in [4.78, 5) is 20.1. The molecule has 0 spiro atoms. The lowest BCUT2D eigenvalue weighted by Crippen LogP contribution is -2.03. The van der Waals surface area contributed by atoms with Gasteiger partial charge >= 0.3 is 0 Å². The van der Waals surface area contributed by atoms with Crippen molar-refractivity contribution in [2.24, 2.45) is 0 Å². The van der Waals surface area contributed by atoms with Gasteiger partial charge in [-0.05, 0) is 169 Å². The third kappa shape index (κ3) is 8.78. The predicted octanol–water partition coefficient (Wildman–Crippen LogP) is 24.4. The number of fused-ring (bicyclic) bond motifs is 22. The Hall–Kier alpha value is -11.6. The van der Waals surface area contributed by atoms with Gasteiger partial charge in [0.05, 0.1) is 11.0 Å². The third-order valence-corrected chi connectivity index (χ3v) is 21.6. The molecule has 1 aliphatic rings. The molecule has 22 rings (SSSR count). The molecule has 0 aliphatic heterocycles. The highest BCUT2D eigenvalue weighted by Gasteiger charge is 2.25. The Morgan fingerprint density at radius 1 is 0.316 bits per heavy atom. The second-order valence-electron chi connectivity index (χ2n) is 24.5. The first-order chi connectivity index (χ1) is 46.9. The van der Waals surface area contributed by atoms with E-state index in [1.807, 2.05) is 59.9 Å². The van der Waals surface area contributed by atoms with Gasteiger partial charge in [-0.25, -0.2) is 19.9 Å². The number of hydrogen-bond donors (Lipinski definition) is 0. The summed E-state index contributed by atoms with van der Waals surface area (Å²) in [6, 6.07) is 98.9. The van der Waals surface area contributed by atoms with E-state index in [0.29, 0.717) is 27.8 Å². The minimum atomic E-state index is 0.382. The molecule has 444 valence electrons. The first-order valence-electron chi connectivity index (χ1n) is 31.7. The number of aromatic nitrogens is 5. The molecule has 0 saturated carbocycles. The molecule has 14 aromatic carbocycles. The summed E-state index contributed by atoms with van der Waals surface area (Å²) in [5.41, 5.74) is 15.3. The second kappa shape index (κ2) is 21.2.